The van der Waals surface area contributed by atoms with Gasteiger partial charge in [-0.25, -0.2) is 8.42 Å². The third-order valence-corrected chi connectivity index (χ3v) is 6.73. The Morgan fingerprint density at radius 3 is 2.32 bits per heavy atom. The van der Waals surface area contributed by atoms with Crippen molar-refractivity contribution in [3.8, 4) is 0 Å². The smallest absolute Gasteiger partial charge is 0.245 e. The van der Waals surface area contributed by atoms with Crippen LogP contribution in [0.5, 0.6) is 0 Å². The summed E-state index contributed by atoms with van der Waals surface area (Å²) in [6.07, 6.45) is 1.75. The zero-order valence-corrected chi connectivity index (χ0v) is 15.1. The second kappa shape index (κ2) is 7.13. The second-order valence-corrected chi connectivity index (χ2v) is 8.32. The maximum Gasteiger partial charge on any atom is 0.245 e. The molecular formula is C17H23N3O4S. The van der Waals surface area contributed by atoms with Gasteiger partial charge < -0.3 is 10.2 Å². The molecule has 136 valence electrons. The molecule has 1 aromatic carbocycles. The van der Waals surface area contributed by atoms with Gasteiger partial charge in [0.25, 0.3) is 0 Å². The van der Waals surface area contributed by atoms with Gasteiger partial charge in [0.05, 0.1) is 4.90 Å². The molecule has 0 radical (unpaired) electrons. The Balaban J connectivity index is 1.62. The van der Waals surface area contributed by atoms with Crippen LogP contribution in [0.4, 0.5) is 0 Å². The Morgan fingerprint density at radius 1 is 1.16 bits per heavy atom. The monoisotopic (exact) mass is 365 g/mol. The normalized spacial score (nSPS) is 22.0. The lowest BCUT2D eigenvalue weighted by atomic mass is 10.2. The Morgan fingerprint density at radius 2 is 1.80 bits per heavy atom. The fraction of sp³-hybridized carbons (Fsp3) is 0.529. The number of nitrogens with zero attached hydrogens (tertiary/aromatic N) is 2. The van der Waals surface area contributed by atoms with Crippen molar-refractivity contribution < 1.29 is 18.0 Å². The summed E-state index contributed by atoms with van der Waals surface area (Å²) in [5.41, 5.74) is 1.09. The summed E-state index contributed by atoms with van der Waals surface area (Å²) in [5, 5.41) is 2.67. The minimum Gasteiger partial charge on any atom is -0.344 e. The average Bonchev–Trinajstić information content (AvgIpc) is 3.07. The second-order valence-electron chi connectivity index (χ2n) is 6.39. The van der Waals surface area contributed by atoms with E-state index in [0.717, 1.165) is 12.0 Å². The molecule has 2 fully saturated rings. The van der Waals surface area contributed by atoms with Crippen LogP contribution < -0.4 is 5.32 Å². The predicted molar refractivity (Wildman–Crippen MR) is 92.3 cm³/mol. The first kappa shape index (κ1) is 17.9. The van der Waals surface area contributed by atoms with Gasteiger partial charge in [-0.1, -0.05) is 19.1 Å². The molecule has 1 aromatic rings. The lowest BCUT2D eigenvalue weighted by Gasteiger charge is -2.35. The molecule has 0 bridgehead atoms. The van der Waals surface area contributed by atoms with Gasteiger partial charge in [-0.2, -0.15) is 4.31 Å². The molecule has 7 nitrogen and oxygen atoms in total. The molecule has 0 aromatic heterocycles. The van der Waals surface area contributed by atoms with Gasteiger partial charge in [0, 0.05) is 32.6 Å². The van der Waals surface area contributed by atoms with E-state index in [4.69, 9.17) is 0 Å². The molecule has 0 aliphatic carbocycles. The van der Waals surface area contributed by atoms with Gasteiger partial charge in [-0.3, -0.25) is 9.59 Å². The van der Waals surface area contributed by atoms with Crippen molar-refractivity contribution in [1.29, 1.82) is 0 Å². The van der Waals surface area contributed by atoms with Crippen molar-refractivity contribution in [2.24, 2.45) is 0 Å². The Hall–Kier alpha value is -1.93. The van der Waals surface area contributed by atoms with Crippen LogP contribution in [0.15, 0.2) is 29.2 Å². The molecule has 1 N–H and O–H groups in total. The number of hydrogen-bond donors (Lipinski definition) is 1. The average molecular weight is 365 g/mol. The van der Waals surface area contributed by atoms with Crippen molar-refractivity contribution in [3.63, 3.8) is 0 Å². The van der Waals surface area contributed by atoms with Crippen LogP contribution in [0.25, 0.3) is 0 Å². The van der Waals surface area contributed by atoms with Crippen LogP contribution >= 0.6 is 0 Å². The summed E-state index contributed by atoms with van der Waals surface area (Å²) in [6, 6.07) is 6.47. The Bertz CT molecular complexity index is 753. The molecule has 0 saturated carbocycles. The highest BCUT2D eigenvalue weighted by Crippen LogP contribution is 2.19. The number of carbonyl (C=O) groups is 2. The molecule has 0 spiro atoms. The van der Waals surface area contributed by atoms with Crippen molar-refractivity contribution in [3.05, 3.63) is 29.8 Å². The molecule has 2 heterocycles. The van der Waals surface area contributed by atoms with E-state index in [1.807, 2.05) is 19.1 Å². The highest BCUT2D eigenvalue weighted by molar-refractivity contribution is 7.89. The van der Waals surface area contributed by atoms with E-state index in [0.29, 0.717) is 25.9 Å². The number of piperazine rings is 1. The Kier molecular flexibility index (Phi) is 5.10. The van der Waals surface area contributed by atoms with E-state index >= 15 is 0 Å². The predicted octanol–water partition coefficient (Wildman–Crippen LogP) is 0.361. The highest BCUT2D eigenvalue weighted by Gasteiger charge is 2.34. The van der Waals surface area contributed by atoms with Crippen LogP contribution in [0, 0.1) is 0 Å². The molecule has 3 rings (SSSR count). The first-order valence-corrected chi connectivity index (χ1v) is 10.0. The standard InChI is InChI=1S/C17H23N3O4S/c1-2-13-3-5-14(6-4-13)25(23,24)20-11-9-19(10-12-20)17(22)15-7-8-16(21)18-15/h3-6,15H,2,7-12H2,1H3,(H,18,21). The highest BCUT2D eigenvalue weighted by atomic mass is 32.2. The molecule has 8 heteroatoms. The SMILES string of the molecule is CCc1ccc(S(=O)(=O)N2CCN(C(=O)C3CCC(=O)N3)CC2)cc1. The Labute approximate surface area is 148 Å². The zero-order chi connectivity index (χ0) is 18.0. The summed E-state index contributed by atoms with van der Waals surface area (Å²) in [5.74, 6) is -0.217. The maximum atomic E-state index is 12.7. The molecule has 2 aliphatic heterocycles. The van der Waals surface area contributed by atoms with Crippen molar-refractivity contribution in [2.45, 2.75) is 37.1 Å². The molecular weight excluding hydrogens is 342 g/mol. The van der Waals surface area contributed by atoms with Crippen LogP contribution in [-0.4, -0.2) is 61.7 Å². The summed E-state index contributed by atoms with van der Waals surface area (Å²) >= 11 is 0. The summed E-state index contributed by atoms with van der Waals surface area (Å²) < 4.78 is 26.9. The minimum absolute atomic E-state index is 0.102. The number of rotatable bonds is 4. The topological polar surface area (TPSA) is 86.8 Å². The van der Waals surface area contributed by atoms with E-state index in [9.17, 15) is 18.0 Å². The third-order valence-electron chi connectivity index (χ3n) is 4.81. The molecule has 2 amide bonds. The van der Waals surface area contributed by atoms with Crippen LogP contribution in [0.3, 0.4) is 0 Å². The zero-order valence-electron chi connectivity index (χ0n) is 14.3. The summed E-state index contributed by atoms with van der Waals surface area (Å²) in [4.78, 5) is 25.6. The molecule has 1 unspecified atom stereocenters. The van der Waals surface area contributed by atoms with E-state index in [2.05, 4.69) is 5.32 Å². The van der Waals surface area contributed by atoms with Crippen LogP contribution in [0.1, 0.15) is 25.3 Å². The summed E-state index contributed by atoms with van der Waals surface area (Å²) in [6.45, 7) is 3.25. The number of amides is 2. The molecule has 2 aliphatic rings. The quantitative estimate of drug-likeness (QED) is 0.835. The van der Waals surface area contributed by atoms with Gasteiger partial charge in [0.15, 0.2) is 0 Å². The fourth-order valence-corrected chi connectivity index (χ4v) is 4.64. The number of hydrogen-bond acceptors (Lipinski definition) is 4. The van der Waals surface area contributed by atoms with E-state index < -0.39 is 16.1 Å². The van der Waals surface area contributed by atoms with Gasteiger partial charge in [-0.15, -0.1) is 0 Å². The summed E-state index contributed by atoms with van der Waals surface area (Å²) in [7, 11) is -3.54. The fourth-order valence-electron chi connectivity index (χ4n) is 3.21. The molecule has 1 atom stereocenters. The molecule has 25 heavy (non-hydrogen) atoms. The third kappa shape index (κ3) is 3.69. The number of benzene rings is 1. The van der Waals surface area contributed by atoms with Crippen molar-refractivity contribution in [1.82, 2.24) is 14.5 Å². The van der Waals surface area contributed by atoms with E-state index in [-0.39, 0.29) is 29.8 Å². The number of aryl methyl sites for hydroxylation is 1. The number of sulfonamides is 1. The number of carbonyl (C=O) groups excluding carboxylic acids is 2. The first-order chi connectivity index (χ1) is 11.9. The van der Waals surface area contributed by atoms with Crippen molar-refractivity contribution in [2.75, 3.05) is 26.2 Å². The van der Waals surface area contributed by atoms with E-state index in [1.54, 1.807) is 17.0 Å². The van der Waals surface area contributed by atoms with Gasteiger partial charge >= 0.3 is 0 Å². The van der Waals surface area contributed by atoms with Gasteiger partial charge in [-0.05, 0) is 30.5 Å². The van der Waals surface area contributed by atoms with Crippen LogP contribution in [-0.2, 0) is 26.0 Å². The van der Waals surface area contributed by atoms with Gasteiger partial charge in [0.1, 0.15) is 6.04 Å². The lowest BCUT2D eigenvalue weighted by molar-refractivity contribution is -0.135. The molecule has 2 saturated heterocycles. The van der Waals surface area contributed by atoms with Crippen LogP contribution in [0.2, 0.25) is 0 Å². The minimum atomic E-state index is -3.54. The number of nitrogens with one attached hydrogen (secondary N) is 1. The van der Waals surface area contributed by atoms with Crippen molar-refractivity contribution >= 4 is 21.8 Å². The first-order valence-electron chi connectivity index (χ1n) is 8.59. The lowest BCUT2D eigenvalue weighted by Crippen LogP contribution is -2.54. The maximum absolute atomic E-state index is 12.7. The van der Waals surface area contributed by atoms with Gasteiger partial charge in [0.2, 0.25) is 21.8 Å². The largest absolute Gasteiger partial charge is 0.344 e. The van der Waals surface area contributed by atoms with E-state index in [1.165, 1.54) is 4.31 Å².